The topological polar surface area (TPSA) is 86.8 Å². The Labute approximate surface area is 257 Å². The van der Waals surface area contributed by atoms with Gasteiger partial charge in [-0.1, -0.05) is 71.2 Å². The molecule has 1 N–H and O–H groups in total. The van der Waals surface area contributed by atoms with Gasteiger partial charge in [0.1, 0.15) is 12.6 Å². The fourth-order valence-electron chi connectivity index (χ4n) is 4.16. The maximum Gasteiger partial charge on any atom is 0.416 e. The molecule has 0 spiro atoms. The van der Waals surface area contributed by atoms with Gasteiger partial charge in [0, 0.05) is 19.5 Å². The first-order valence-corrected chi connectivity index (χ1v) is 15.5. The number of halogens is 6. The van der Waals surface area contributed by atoms with Crippen molar-refractivity contribution >= 4 is 62.3 Å². The molecule has 42 heavy (non-hydrogen) atoms. The number of carbonyl (C=O) groups is 2. The van der Waals surface area contributed by atoms with E-state index in [0.717, 1.165) is 17.2 Å². The van der Waals surface area contributed by atoms with Gasteiger partial charge in [-0.25, -0.2) is 8.42 Å². The summed E-state index contributed by atoms with van der Waals surface area (Å²) in [4.78, 5) is 28.5. The predicted molar refractivity (Wildman–Crippen MR) is 158 cm³/mol. The Hall–Kier alpha value is -2.99. The first kappa shape index (κ1) is 33.5. The molecule has 3 rings (SSSR count). The summed E-state index contributed by atoms with van der Waals surface area (Å²) >= 11 is 18.4. The molecule has 0 radical (unpaired) electrons. The largest absolute Gasteiger partial charge is 0.416 e. The Kier molecular flexibility index (Phi) is 11.2. The molecule has 14 heteroatoms. The number of sulfonamides is 1. The minimum Gasteiger partial charge on any atom is -0.355 e. The van der Waals surface area contributed by atoms with Crippen molar-refractivity contribution in [3.8, 4) is 0 Å². The molecule has 0 heterocycles. The van der Waals surface area contributed by atoms with Crippen LogP contribution in [0.25, 0.3) is 0 Å². The number of likely N-dealkylation sites (N-methyl/N-ethyl adjacent to an activating group) is 1. The molecule has 0 saturated heterocycles. The Bertz CT molecular complexity index is 1540. The number of alkyl halides is 3. The highest BCUT2D eigenvalue weighted by Gasteiger charge is 2.35. The number of nitrogens with one attached hydrogen (secondary N) is 1. The van der Waals surface area contributed by atoms with E-state index in [2.05, 4.69) is 5.32 Å². The van der Waals surface area contributed by atoms with E-state index in [-0.39, 0.29) is 34.6 Å². The molecule has 1 atom stereocenters. The van der Waals surface area contributed by atoms with E-state index < -0.39 is 51.9 Å². The third-order valence-electron chi connectivity index (χ3n) is 6.18. The average Bonchev–Trinajstić information content (AvgIpc) is 2.91. The van der Waals surface area contributed by atoms with E-state index in [1.165, 1.54) is 12.1 Å². The number of anilines is 1. The molecular formula is C28H27Cl3F3N3O4S. The number of hydrogen-bond acceptors (Lipinski definition) is 4. The lowest BCUT2D eigenvalue weighted by Gasteiger charge is -2.33. The standard InChI is InChI=1S/C28H27Cl3F3N3O4S/c1-3-35-27(39)25(14-18-7-5-4-6-8-18)36(16-19-9-11-21(29)23(31)13-19)26(38)17-37(42(2,40)41)24-15-20(28(32,33)34)10-12-22(24)30/h4-13,15,25H,3,14,16-17H2,1-2H3,(H,35,39). The lowest BCUT2D eigenvalue weighted by molar-refractivity contribution is -0.140. The highest BCUT2D eigenvalue weighted by molar-refractivity contribution is 7.92. The van der Waals surface area contributed by atoms with Crippen molar-refractivity contribution in [3.05, 3.63) is 98.5 Å². The summed E-state index contributed by atoms with van der Waals surface area (Å²) < 4.78 is 66.6. The minimum absolute atomic E-state index is 0.0585. The summed E-state index contributed by atoms with van der Waals surface area (Å²) in [6, 6.07) is 14.5. The van der Waals surface area contributed by atoms with Crippen LogP contribution >= 0.6 is 34.8 Å². The molecule has 3 aromatic rings. The van der Waals surface area contributed by atoms with E-state index in [1.807, 2.05) is 0 Å². The van der Waals surface area contributed by atoms with Crippen LogP contribution in [0.5, 0.6) is 0 Å². The molecule has 7 nitrogen and oxygen atoms in total. The fourth-order valence-corrected chi connectivity index (χ4v) is 5.60. The second kappa shape index (κ2) is 14.0. The van der Waals surface area contributed by atoms with Gasteiger partial charge in [0.15, 0.2) is 0 Å². The number of carbonyl (C=O) groups excluding carboxylic acids is 2. The molecule has 226 valence electrons. The lowest BCUT2D eigenvalue weighted by atomic mass is 10.0. The second-order valence-corrected chi connectivity index (χ2v) is 12.4. The van der Waals surface area contributed by atoms with E-state index in [4.69, 9.17) is 34.8 Å². The molecule has 0 aliphatic carbocycles. The number of benzene rings is 3. The molecule has 0 aliphatic heterocycles. The van der Waals surface area contributed by atoms with Crippen LogP contribution in [0.3, 0.4) is 0 Å². The van der Waals surface area contributed by atoms with Gasteiger partial charge in [-0.3, -0.25) is 13.9 Å². The van der Waals surface area contributed by atoms with Crippen molar-refractivity contribution in [3.63, 3.8) is 0 Å². The van der Waals surface area contributed by atoms with Crippen molar-refractivity contribution in [2.45, 2.75) is 32.1 Å². The van der Waals surface area contributed by atoms with Gasteiger partial charge in [-0.15, -0.1) is 0 Å². The van der Waals surface area contributed by atoms with Gasteiger partial charge in [0.05, 0.1) is 32.6 Å². The Morgan fingerprint density at radius 2 is 1.55 bits per heavy atom. The van der Waals surface area contributed by atoms with Crippen molar-refractivity contribution in [2.75, 3.05) is 23.7 Å². The maximum absolute atomic E-state index is 14.0. The van der Waals surface area contributed by atoms with Gasteiger partial charge in [-0.2, -0.15) is 13.2 Å². The molecule has 3 aromatic carbocycles. The predicted octanol–water partition coefficient (Wildman–Crippen LogP) is 6.21. The molecule has 1 unspecified atom stereocenters. The summed E-state index contributed by atoms with van der Waals surface area (Å²) in [6.07, 6.45) is -4.00. The SMILES string of the molecule is CCNC(=O)C(Cc1ccccc1)N(Cc1ccc(Cl)c(Cl)c1)C(=O)CN(c1cc(C(F)(F)F)ccc1Cl)S(C)(=O)=O. The summed E-state index contributed by atoms with van der Waals surface area (Å²) in [7, 11) is -4.34. The third kappa shape index (κ3) is 8.76. The number of nitrogens with zero attached hydrogens (tertiary/aromatic N) is 2. The van der Waals surface area contributed by atoms with Crippen LogP contribution in [-0.2, 0) is 38.8 Å². The Morgan fingerprint density at radius 1 is 0.905 bits per heavy atom. The van der Waals surface area contributed by atoms with Gasteiger partial charge in [0.2, 0.25) is 21.8 Å². The smallest absolute Gasteiger partial charge is 0.355 e. The van der Waals surface area contributed by atoms with Crippen LogP contribution in [0, 0.1) is 0 Å². The van der Waals surface area contributed by atoms with E-state index in [1.54, 1.807) is 43.3 Å². The van der Waals surface area contributed by atoms with Crippen LogP contribution in [0.15, 0.2) is 66.7 Å². The van der Waals surface area contributed by atoms with Crippen LogP contribution < -0.4 is 9.62 Å². The Morgan fingerprint density at radius 3 is 2.12 bits per heavy atom. The highest BCUT2D eigenvalue weighted by atomic mass is 35.5. The second-order valence-electron chi connectivity index (χ2n) is 9.30. The van der Waals surface area contributed by atoms with Gasteiger partial charge in [-0.05, 0) is 48.4 Å². The average molecular weight is 665 g/mol. The summed E-state index contributed by atoms with van der Waals surface area (Å²) in [5.74, 6) is -1.38. The number of rotatable bonds is 11. The van der Waals surface area contributed by atoms with Crippen LogP contribution in [0.4, 0.5) is 18.9 Å². The van der Waals surface area contributed by atoms with Crippen LogP contribution in [0.2, 0.25) is 15.1 Å². The third-order valence-corrected chi connectivity index (χ3v) is 8.37. The lowest BCUT2D eigenvalue weighted by Crippen LogP contribution is -2.53. The quantitative estimate of drug-likeness (QED) is 0.264. The summed E-state index contributed by atoms with van der Waals surface area (Å²) in [6.45, 7) is 0.808. The number of hydrogen-bond donors (Lipinski definition) is 1. The first-order valence-electron chi connectivity index (χ1n) is 12.5. The minimum atomic E-state index is -4.80. The molecule has 0 bridgehead atoms. The monoisotopic (exact) mass is 663 g/mol. The Balaban J connectivity index is 2.12. The van der Waals surface area contributed by atoms with Crippen molar-refractivity contribution in [1.82, 2.24) is 10.2 Å². The molecule has 0 fully saturated rings. The number of amides is 2. The normalized spacial score (nSPS) is 12.5. The molecular weight excluding hydrogens is 638 g/mol. The van der Waals surface area contributed by atoms with Crippen LogP contribution in [-0.4, -0.2) is 50.5 Å². The van der Waals surface area contributed by atoms with Gasteiger partial charge < -0.3 is 10.2 Å². The van der Waals surface area contributed by atoms with Gasteiger partial charge in [0.25, 0.3) is 0 Å². The first-order chi connectivity index (χ1) is 19.6. The van der Waals surface area contributed by atoms with Gasteiger partial charge >= 0.3 is 6.18 Å². The zero-order valence-electron chi connectivity index (χ0n) is 22.5. The highest BCUT2D eigenvalue weighted by Crippen LogP contribution is 2.36. The van der Waals surface area contributed by atoms with Crippen molar-refractivity contribution < 1.29 is 31.2 Å². The summed E-state index contributed by atoms with van der Waals surface area (Å²) in [5, 5.41) is 2.82. The van der Waals surface area contributed by atoms with E-state index in [9.17, 15) is 31.2 Å². The zero-order valence-corrected chi connectivity index (χ0v) is 25.5. The zero-order chi connectivity index (χ0) is 31.2. The summed E-state index contributed by atoms with van der Waals surface area (Å²) in [5.41, 5.74) is -0.501. The fraction of sp³-hybridized carbons (Fsp3) is 0.286. The molecule has 0 aromatic heterocycles. The van der Waals surface area contributed by atoms with Crippen molar-refractivity contribution in [2.24, 2.45) is 0 Å². The van der Waals surface area contributed by atoms with Crippen molar-refractivity contribution in [1.29, 1.82) is 0 Å². The molecule has 0 saturated carbocycles. The van der Waals surface area contributed by atoms with Crippen LogP contribution in [0.1, 0.15) is 23.6 Å². The van der Waals surface area contributed by atoms with E-state index >= 15 is 0 Å². The molecule has 0 aliphatic rings. The van der Waals surface area contributed by atoms with E-state index in [0.29, 0.717) is 27.6 Å². The maximum atomic E-state index is 14.0. The molecule has 2 amide bonds.